The van der Waals surface area contributed by atoms with E-state index in [2.05, 4.69) is 4.90 Å². The molecular formula is C24H26FN3O6. The number of carbonyl (C=O) groups is 2. The highest BCUT2D eigenvalue weighted by atomic mass is 19.1. The van der Waals surface area contributed by atoms with E-state index in [1.54, 1.807) is 0 Å². The molecule has 2 aromatic rings. The Hall–Kier alpha value is -3.79. The van der Waals surface area contributed by atoms with Crippen LogP contribution in [-0.4, -0.2) is 64.8 Å². The van der Waals surface area contributed by atoms with Gasteiger partial charge in [0.1, 0.15) is 5.76 Å². The van der Waals surface area contributed by atoms with E-state index in [0.29, 0.717) is 12.1 Å². The molecule has 1 amide bonds. The number of amides is 1. The van der Waals surface area contributed by atoms with Crippen molar-refractivity contribution in [3.63, 3.8) is 0 Å². The Balaban J connectivity index is 2.12. The van der Waals surface area contributed by atoms with Gasteiger partial charge >= 0.3 is 0 Å². The third kappa shape index (κ3) is 4.76. The molecule has 0 radical (unpaired) electrons. The first-order valence-electron chi connectivity index (χ1n) is 10.8. The third-order valence-electron chi connectivity index (χ3n) is 5.94. The predicted octanol–water partition coefficient (Wildman–Crippen LogP) is 3.51. The molecule has 0 spiro atoms. The van der Waals surface area contributed by atoms with Crippen molar-refractivity contribution < 1.29 is 28.7 Å². The first-order valence-corrected chi connectivity index (χ1v) is 10.8. The number of likely N-dealkylation sites (N-methyl/N-ethyl adjacent to an activating group) is 1. The summed E-state index contributed by atoms with van der Waals surface area (Å²) in [6.07, 6.45) is 0. The number of aliphatic hydroxyl groups is 1. The number of nitro groups is 1. The van der Waals surface area contributed by atoms with Crippen molar-refractivity contribution in [2.24, 2.45) is 0 Å². The molecule has 3 rings (SSSR count). The third-order valence-corrected chi connectivity index (χ3v) is 5.94. The number of benzene rings is 2. The van der Waals surface area contributed by atoms with Gasteiger partial charge in [0.2, 0.25) is 0 Å². The summed E-state index contributed by atoms with van der Waals surface area (Å²) in [7, 11) is 1.30. The Morgan fingerprint density at radius 1 is 1.18 bits per heavy atom. The summed E-state index contributed by atoms with van der Waals surface area (Å²) in [5, 5.41) is 22.1. The number of Topliss-reactive ketones (excluding diaryl/α,β-unsaturated/α-hetero) is 1. The standard InChI is InChI=1S/C24H26FN3O6/c1-4-26(5-2)12-13-27-21(15-6-9-17(10-7-15)28(32)33)20(23(30)24(27)31)22(29)16-8-11-19(34-3)18(25)14-16/h6-11,14,21,29H,4-5,12-13H2,1-3H3/b22-20-. The number of ketones is 1. The van der Waals surface area contributed by atoms with Crippen molar-refractivity contribution >= 4 is 23.1 Å². The molecule has 0 aromatic heterocycles. The molecule has 0 saturated carbocycles. The lowest BCUT2D eigenvalue weighted by Crippen LogP contribution is -2.38. The van der Waals surface area contributed by atoms with Crippen LogP contribution in [0.25, 0.3) is 5.76 Å². The Kier molecular flexibility index (Phi) is 7.62. The number of nitro benzene ring substituents is 1. The monoisotopic (exact) mass is 471 g/mol. The maximum absolute atomic E-state index is 14.3. The Bertz CT molecular complexity index is 1130. The highest BCUT2D eigenvalue weighted by Gasteiger charge is 2.46. The zero-order chi connectivity index (χ0) is 25.0. The number of ether oxygens (including phenoxy) is 1. The molecule has 1 aliphatic heterocycles. The second-order valence-corrected chi connectivity index (χ2v) is 7.72. The summed E-state index contributed by atoms with van der Waals surface area (Å²) in [5.74, 6) is -3.02. The first-order chi connectivity index (χ1) is 16.2. The number of rotatable bonds is 9. The number of hydrogen-bond acceptors (Lipinski definition) is 7. The highest BCUT2D eigenvalue weighted by molar-refractivity contribution is 6.46. The Labute approximate surface area is 196 Å². The summed E-state index contributed by atoms with van der Waals surface area (Å²) in [6, 6.07) is 8.16. The summed E-state index contributed by atoms with van der Waals surface area (Å²) in [6.45, 7) is 6.12. The average molecular weight is 471 g/mol. The molecule has 9 nitrogen and oxygen atoms in total. The summed E-state index contributed by atoms with van der Waals surface area (Å²) in [5.41, 5.74) is 0.0656. The van der Waals surface area contributed by atoms with E-state index >= 15 is 0 Å². The maximum Gasteiger partial charge on any atom is 0.295 e. The molecular weight excluding hydrogens is 445 g/mol. The van der Waals surface area contributed by atoms with E-state index < -0.39 is 34.2 Å². The lowest BCUT2D eigenvalue weighted by molar-refractivity contribution is -0.384. The number of halogens is 1. The van der Waals surface area contributed by atoms with Crippen molar-refractivity contribution in [2.45, 2.75) is 19.9 Å². The molecule has 0 bridgehead atoms. The minimum atomic E-state index is -0.985. The smallest absolute Gasteiger partial charge is 0.295 e. The van der Waals surface area contributed by atoms with Crippen LogP contribution in [0.1, 0.15) is 31.0 Å². The fourth-order valence-corrected chi connectivity index (χ4v) is 3.99. The van der Waals surface area contributed by atoms with Crippen LogP contribution in [0.4, 0.5) is 10.1 Å². The van der Waals surface area contributed by atoms with Gasteiger partial charge < -0.3 is 19.6 Å². The van der Waals surface area contributed by atoms with Gasteiger partial charge in [-0.2, -0.15) is 0 Å². The predicted molar refractivity (Wildman–Crippen MR) is 123 cm³/mol. The van der Waals surface area contributed by atoms with Crippen LogP contribution < -0.4 is 4.74 Å². The minimum absolute atomic E-state index is 0.00644. The zero-order valence-electron chi connectivity index (χ0n) is 19.2. The highest BCUT2D eigenvalue weighted by Crippen LogP contribution is 2.40. The van der Waals surface area contributed by atoms with Gasteiger partial charge in [-0.3, -0.25) is 19.7 Å². The number of nitrogens with zero attached hydrogens (tertiary/aromatic N) is 3. The number of likely N-dealkylation sites (tertiary alicyclic amines) is 1. The van der Waals surface area contributed by atoms with Crippen LogP contribution in [0.3, 0.4) is 0 Å². The first kappa shape index (κ1) is 24.8. The van der Waals surface area contributed by atoms with Crippen LogP contribution >= 0.6 is 0 Å². The van der Waals surface area contributed by atoms with E-state index in [0.717, 1.165) is 19.2 Å². The van der Waals surface area contributed by atoms with E-state index in [-0.39, 0.29) is 29.1 Å². The van der Waals surface area contributed by atoms with E-state index in [1.807, 2.05) is 13.8 Å². The van der Waals surface area contributed by atoms with Crippen molar-refractivity contribution in [3.8, 4) is 5.75 Å². The summed E-state index contributed by atoms with van der Waals surface area (Å²) >= 11 is 0. The van der Waals surface area contributed by atoms with E-state index in [4.69, 9.17) is 4.74 Å². The number of hydrogen-bond donors (Lipinski definition) is 1. The maximum atomic E-state index is 14.3. The summed E-state index contributed by atoms with van der Waals surface area (Å²) in [4.78, 5) is 39.9. The van der Waals surface area contributed by atoms with Crippen molar-refractivity contribution in [3.05, 3.63) is 75.1 Å². The van der Waals surface area contributed by atoms with Crippen LogP contribution in [0.5, 0.6) is 5.75 Å². The molecule has 1 atom stereocenters. The normalized spacial score (nSPS) is 17.4. The second kappa shape index (κ2) is 10.4. The molecule has 180 valence electrons. The van der Waals surface area contributed by atoms with Crippen molar-refractivity contribution in [2.75, 3.05) is 33.3 Å². The van der Waals surface area contributed by atoms with Gasteiger partial charge in [0.15, 0.2) is 11.6 Å². The van der Waals surface area contributed by atoms with E-state index in [1.165, 1.54) is 48.4 Å². The van der Waals surface area contributed by atoms with Gasteiger partial charge in [0.25, 0.3) is 17.4 Å². The molecule has 2 aromatic carbocycles. The van der Waals surface area contributed by atoms with Gasteiger partial charge in [-0.25, -0.2) is 4.39 Å². The van der Waals surface area contributed by atoms with Gasteiger partial charge in [-0.15, -0.1) is 0 Å². The molecule has 1 saturated heterocycles. The number of non-ortho nitro benzene ring substituents is 1. The minimum Gasteiger partial charge on any atom is -0.507 e. The Morgan fingerprint density at radius 3 is 2.35 bits per heavy atom. The molecule has 1 aliphatic rings. The molecule has 1 heterocycles. The number of methoxy groups -OCH3 is 1. The quantitative estimate of drug-likeness (QED) is 0.196. The average Bonchev–Trinajstić information content (AvgIpc) is 3.09. The molecule has 1 fully saturated rings. The van der Waals surface area contributed by atoms with Crippen LogP contribution in [-0.2, 0) is 9.59 Å². The molecule has 0 aliphatic carbocycles. The van der Waals surface area contributed by atoms with Gasteiger partial charge in [0, 0.05) is 30.8 Å². The van der Waals surface area contributed by atoms with Crippen molar-refractivity contribution in [1.82, 2.24) is 9.80 Å². The Morgan fingerprint density at radius 2 is 1.82 bits per heavy atom. The largest absolute Gasteiger partial charge is 0.507 e. The topological polar surface area (TPSA) is 113 Å². The van der Waals surface area contributed by atoms with Gasteiger partial charge in [0.05, 0.1) is 23.6 Å². The number of carbonyl (C=O) groups excluding carboxylic acids is 2. The molecule has 1 unspecified atom stereocenters. The van der Waals surface area contributed by atoms with Gasteiger partial charge in [-0.1, -0.05) is 13.8 Å². The molecule has 10 heteroatoms. The fraction of sp³-hybridized carbons (Fsp3) is 0.333. The number of aliphatic hydroxyl groups excluding tert-OH is 1. The van der Waals surface area contributed by atoms with Crippen molar-refractivity contribution in [1.29, 1.82) is 0 Å². The zero-order valence-corrected chi connectivity index (χ0v) is 19.2. The van der Waals surface area contributed by atoms with Crippen LogP contribution in [0, 0.1) is 15.9 Å². The summed E-state index contributed by atoms with van der Waals surface area (Å²) < 4.78 is 19.2. The molecule has 1 N–H and O–H groups in total. The lowest BCUT2D eigenvalue weighted by Gasteiger charge is -2.28. The van der Waals surface area contributed by atoms with Crippen LogP contribution in [0.15, 0.2) is 48.0 Å². The SMILES string of the molecule is CCN(CC)CCN1C(=O)C(=O)/C(=C(\O)c2ccc(OC)c(F)c2)C1c1ccc([N+](=O)[O-])cc1. The fourth-order valence-electron chi connectivity index (χ4n) is 3.99. The second-order valence-electron chi connectivity index (χ2n) is 7.72. The van der Waals surface area contributed by atoms with E-state index in [9.17, 15) is 29.2 Å². The van der Waals surface area contributed by atoms with Crippen LogP contribution in [0.2, 0.25) is 0 Å². The van der Waals surface area contributed by atoms with Gasteiger partial charge in [-0.05, 0) is 49.0 Å². The lowest BCUT2D eigenvalue weighted by atomic mass is 9.95. The molecule has 34 heavy (non-hydrogen) atoms.